The Kier molecular flexibility index (Phi) is 12.4. The number of halogens is 5. The van der Waals surface area contributed by atoms with E-state index in [0.29, 0.717) is 5.56 Å². The summed E-state index contributed by atoms with van der Waals surface area (Å²) in [4.78, 5) is 22.1. The molecule has 3 N–H and O–H groups in total. The molecule has 1 aliphatic heterocycles. The lowest BCUT2D eigenvalue weighted by Gasteiger charge is -2.37. The first-order valence-corrected chi connectivity index (χ1v) is 14.0. The minimum atomic E-state index is -4.38. The number of thioether (sulfide) groups is 1. The van der Waals surface area contributed by atoms with Crippen LogP contribution in [0.2, 0.25) is 0 Å². The number of nitrogens with zero attached hydrogens (tertiary/aromatic N) is 3. The van der Waals surface area contributed by atoms with Crippen LogP contribution in [-0.4, -0.2) is 72.0 Å². The number of aromatic nitrogens is 3. The third-order valence-corrected chi connectivity index (χ3v) is 7.77. The molecule has 45 heavy (non-hydrogen) atoms. The fourth-order valence-electron chi connectivity index (χ4n) is 4.03. The molecule has 0 aliphatic carbocycles. The Labute approximate surface area is 257 Å². The Hall–Kier alpha value is -4.12. The van der Waals surface area contributed by atoms with E-state index >= 15 is 0 Å². The molecule has 16 heteroatoms. The third kappa shape index (κ3) is 10.5. The molecule has 2 aromatic carbocycles. The van der Waals surface area contributed by atoms with E-state index in [9.17, 15) is 27.1 Å². The Morgan fingerprint density at radius 2 is 1.71 bits per heavy atom. The van der Waals surface area contributed by atoms with Crippen LogP contribution in [0.25, 0.3) is 6.08 Å². The van der Waals surface area contributed by atoms with Gasteiger partial charge in [0.05, 0.1) is 30.6 Å². The topological polar surface area (TPSA) is 144 Å². The van der Waals surface area contributed by atoms with Crippen molar-refractivity contribution in [2.45, 2.75) is 42.0 Å². The van der Waals surface area contributed by atoms with Crippen LogP contribution in [0, 0.1) is 11.6 Å². The van der Waals surface area contributed by atoms with Crippen molar-refractivity contribution in [3.05, 3.63) is 102 Å². The number of hydrogen-bond acceptors (Lipinski definition) is 8. The van der Waals surface area contributed by atoms with Crippen molar-refractivity contribution in [1.29, 1.82) is 0 Å². The van der Waals surface area contributed by atoms with Gasteiger partial charge in [0.2, 0.25) is 0 Å². The van der Waals surface area contributed by atoms with Crippen molar-refractivity contribution in [2.75, 3.05) is 13.2 Å². The Balaban J connectivity index is 0.000000838. The van der Waals surface area contributed by atoms with Gasteiger partial charge in [0.1, 0.15) is 29.9 Å². The maximum atomic E-state index is 14.7. The SMILES string of the molecule is C[C@@H](SC1COC(/C=C/C=C/c2ccc(C(F)(F)F)cc2)OC1)[C@](O)(Cn1cncn1)c1ccc(F)cc1F.O=C(O)C(=O)O. The molecule has 1 saturated heterocycles. The number of benzene rings is 2. The summed E-state index contributed by atoms with van der Waals surface area (Å²) in [7, 11) is 0. The summed E-state index contributed by atoms with van der Waals surface area (Å²) in [5.74, 6) is -5.26. The number of rotatable bonds is 9. The summed E-state index contributed by atoms with van der Waals surface area (Å²) in [5.41, 5.74) is -1.89. The monoisotopic (exact) mass is 657 g/mol. The number of carbonyl (C=O) groups is 2. The molecule has 2 heterocycles. The number of hydrogen-bond donors (Lipinski definition) is 3. The van der Waals surface area contributed by atoms with Crippen molar-refractivity contribution in [2.24, 2.45) is 0 Å². The van der Waals surface area contributed by atoms with E-state index in [4.69, 9.17) is 29.3 Å². The van der Waals surface area contributed by atoms with E-state index in [1.165, 1.54) is 47.3 Å². The molecule has 4 rings (SSSR count). The van der Waals surface area contributed by atoms with E-state index < -0.39 is 52.5 Å². The molecule has 2 atom stereocenters. The molecule has 1 aliphatic rings. The second kappa shape index (κ2) is 15.7. The molecule has 242 valence electrons. The zero-order chi connectivity index (χ0) is 33.2. The van der Waals surface area contributed by atoms with E-state index in [1.54, 1.807) is 31.2 Å². The van der Waals surface area contributed by atoms with Crippen LogP contribution in [0.4, 0.5) is 22.0 Å². The van der Waals surface area contributed by atoms with Gasteiger partial charge in [0.25, 0.3) is 0 Å². The predicted molar refractivity (Wildman–Crippen MR) is 152 cm³/mol. The third-order valence-electron chi connectivity index (χ3n) is 6.32. The van der Waals surface area contributed by atoms with E-state index in [2.05, 4.69) is 10.1 Å². The Morgan fingerprint density at radius 3 is 2.24 bits per heavy atom. The van der Waals surface area contributed by atoms with E-state index in [1.807, 2.05) is 0 Å². The maximum absolute atomic E-state index is 14.7. The molecule has 0 spiro atoms. The summed E-state index contributed by atoms with van der Waals surface area (Å²) in [6.07, 6.45) is 4.36. The molecular formula is C29H28F5N3O7S. The first kappa shape index (κ1) is 35.4. The van der Waals surface area contributed by atoms with Gasteiger partial charge in [0, 0.05) is 16.9 Å². The molecule has 10 nitrogen and oxygen atoms in total. The van der Waals surface area contributed by atoms with Crippen molar-refractivity contribution >= 4 is 29.8 Å². The van der Waals surface area contributed by atoms with Crippen LogP contribution in [-0.2, 0) is 37.4 Å². The highest BCUT2D eigenvalue weighted by molar-refractivity contribution is 8.00. The van der Waals surface area contributed by atoms with Gasteiger partial charge in [-0.1, -0.05) is 43.4 Å². The predicted octanol–water partition coefficient (Wildman–Crippen LogP) is 4.75. The van der Waals surface area contributed by atoms with Gasteiger partial charge < -0.3 is 24.8 Å². The highest BCUT2D eigenvalue weighted by Gasteiger charge is 2.41. The van der Waals surface area contributed by atoms with Gasteiger partial charge in [-0.2, -0.15) is 18.3 Å². The van der Waals surface area contributed by atoms with Crippen LogP contribution < -0.4 is 0 Å². The average molecular weight is 658 g/mol. The van der Waals surface area contributed by atoms with Crippen LogP contribution >= 0.6 is 11.8 Å². The number of allylic oxidation sites excluding steroid dienone is 2. The van der Waals surface area contributed by atoms with Crippen molar-refractivity contribution in [1.82, 2.24) is 14.8 Å². The molecule has 0 bridgehead atoms. The number of carboxylic acid groups (broad SMARTS) is 2. The average Bonchev–Trinajstić information content (AvgIpc) is 3.49. The number of aliphatic carboxylic acids is 2. The molecule has 0 saturated carbocycles. The summed E-state index contributed by atoms with van der Waals surface area (Å²) in [5, 5.41) is 29.7. The molecule has 0 unspecified atom stereocenters. The quantitative estimate of drug-likeness (QED) is 0.168. The molecule has 3 aromatic rings. The highest BCUT2D eigenvalue weighted by Crippen LogP contribution is 2.38. The van der Waals surface area contributed by atoms with Gasteiger partial charge in [-0.15, -0.1) is 11.8 Å². The number of alkyl halides is 3. The summed E-state index contributed by atoms with van der Waals surface area (Å²) < 4.78 is 79.1. The van der Waals surface area contributed by atoms with Crippen LogP contribution in [0.15, 0.2) is 73.3 Å². The summed E-state index contributed by atoms with van der Waals surface area (Å²) >= 11 is 1.35. The van der Waals surface area contributed by atoms with Crippen LogP contribution in [0.1, 0.15) is 23.6 Å². The largest absolute Gasteiger partial charge is 0.473 e. The van der Waals surface area contributed by atoms with Crippen molar-refractivity contribution < 1.29 is 56.3 Å². The maximum Gasteiger partial charge on any atom is 0.416 e. The van der Waals surface area contributed by atoms with Gasteiger partial charge in [0.15, 0.2) is 6.29 Å². The van der Waals surface area contributed by atoms with Gasteiger partial charge in [-0.25, -0.2) is 28.0 Å². The van der Waals surface area contributed by atoms with Crippen molar-refractivity contribution in [3.63, 3.8) is 0 Å². The van der Waals surface area contributed by atoms with Crippen molar-refractivity contribution in [3.8, 4) is 0 Å². The summed E-state index contributed by atoms with van der Waals surface area (Å²) in [6.45, 7) is 2.22. The zero-order valence-electron chi connectivity index (χ0n) is 23.5. The van der Waals surface area contributed by atoms with Crippen LogP contribution in [0.5, 0.6) is 0 Å². The first-order chi connectivity index (χ1) is 21.2. The number of carboxylic acids is 2. The van der Waals surface area contributed by atoms with Gasteiger partial charge in [-0.3, -0.25) is 0 Å². The summed E-state index contributed by atoms with van der Waals surface area (Å²) in [6, 6.07) is 7.86. The normalized spacial score (nSPS) is 19.1. The molecular weight excluding hydrogens is 629 g/mol. The standard InChI is InChI=1S/C27H26F5N3O3S.C2H2O4/c1-18(26(36,15-35-17-33-16-34-35)23-11-10-21(28)12-24(23)29)39-22-13-37-25(38-14-22)5-3-2-4-19-6-8-20(9-7-19)27(30,31)32;3-1(4)2(5)6/h2-12,16-18,22,25,36H,13-15H2,1H3;(H,3,4)(H,5,6)/b4-2+,5-3+;/t18-,22?,25?,26-;/m1./s1. The van der Waals surface area contributed by atoms with E-state index in [0.717, 1.165) is 24.3 Å². The highest BCUT2D eigenvalue weighted by atomic mass is 32.2. The Bertz CT molecular complexity index is 1470. The lowest BCUT2D eigenvalue weighted by molar-refractivity contribution is -0.159. The fraction of sp³-hybridized carbons (Fsp3) is 0.310. The molecule has 1 aromatic heterocycles. The smallest absolute Gasteiger partial charge is 0.416 e. The minimum Gasteiger partial charge on any atom is -0.473 e. The Morgan fingerprint density at radius 1 is 1.07 bits per heavy atom. The zero-order valence-corrected chi connectivity index (χ0v) is 24.3. The molecule has 0 amide bonds. The number of aliphatic hydroxyl groups is 1. The fourth-order valence-corrected chi connectivity index (χ4v) is 5.35. The first-order valence-electron chi connectivity index (χ1n) is 13.1. The second-order valence-electron chi connectivity index (χ2n) is 9.55. The second-order valence-corrected chi connectivity index (χ2v) is 11.2. The minimum absolute atomic E-state index is 0.0577. The van der Waals surface area contributed by atoms with Gasteiger partial charge in [-0.05, 0) is 29.8 Å². The van der Waals surface area contributed by atoms with E-state index in [-0.39, 0.29) is 30.6 Å². The molecule has 0 radical (unpaired) electrons. The number of ether oxygens (including phenoxy) is 2. The lowest BCUT2D eigenvalue weighted by atomic mass is 9.90. The van der Waals surface area contributed by atoms with Gasteiger partial charge >= 0.3 is 18.1 Å². The molecule has 1 fully saturated rings. The lowest BCUT2D eigenvalue weighted by Crippen LogP contribution is -2.43. The van der Waals surface area contributed by atoms with Crippen LogP contribution in [0.3, 0.4) is 0 Å².